The maximum Gasteiger partial charge on any atom is 0.200 e. The van der Waals surface area contributed by atoms with Crippen LogP contribution < -0.4 is 15.9 Å². The van der Waals surface area contributed by atoms with E-state index in [4.69, 9.17) is 0 Å². The van der Waals surface area contributed by atoms with Gasteiger partial charge in [0.25, 0.3) is 0 Å². The van der Waals surface area contributed by atoms with Crippen LogP contribution in [0.25, 0.3) is 0 Å². The Morgan fingerprint density at radius 1 is 0.257 bits per heavy atom. The fourth-order valence-electron chi connectivity index (χ4n) is 2.94. The second kappa shape index (κ2) is 8.73. The lowest BCUT2D eigenvalue weighted by Gasteiger charge is -2.27. The highest BCUT2D eigenvalue weighted by atomic mass is 32.4. The molecule has 0 aliphatic carbocycles. The van der Waals surface area contributed by atoms with E-state index in [0.717, 1.165) is 0 Å². The van der Waals surface area contributed by atoms with Gasteiger partial charge in [0.2, 0.25) is 17.5 Å². The lowest BCUT2D eigenvalue weighted by Crippen LogP contribution is -2.39. The first kappa shape index (κ1) is 26.9. The third kappa shape index (κ3) is 3.51. The van der Waals surface area contributed by atoms with Crippen molar-refractivity contribution < 1.29 is 65.9 Å². The van der Waals surface area contributed by atoms with Gasteiger partial charge in [-0.1, -0.05) is 11.8 Å². The molecule has 188 valence electrons. The molecule has 0 atom stereocenters. The van der Waals surface area contributed by atoms with Crippen molar-refractivity contribution in [2.75, 3.05) is 0 Å². The van der Waals surface area contributed by atoms with E-state index in [2.05, 4.69) is 11.8 Å². The van der Waals surface area contributed by atoms with E-state index in [0.29, 0.717) is 0 Å². The molecule has 0 heterocycles. The summed E-state index contributed by atoms with van der Waals surface area (Å²) in [5, 5.41) is -8.30. The predicted octanol–water partition coefficient (Wildman–Crippen LogP) is 5.53. The van der Waals surface area contributed by atoms with Crippen molar-refractivity contribution >= 4 is 33.8 Å². The number of halogens is 15. The van der Waals surface area contributed by atoms with E-state index in [-0.39, 0.29) is 0 Å². The van der Waals surface area contributed by atoms with Crippen molar-refractivity contribution in [3.63, 3.8) is 0 Å². The third-order valence-corrected chi connectivity index (χ3v) is 9.22. The van der Waals surface area contributed by atoms with Crippen LogP contribution in [0.15, 0.2) is 0 Å². The minimum Gasteiger partial charge on any atom is -0.203 e. The molecule has 0 fully saturated rings. The normalized spacial score (nSPS) is 12.0. The number of benzene rings is 3. The summed E-state index contributed by atoms with van der Waals surface area (Å²) in [6.07, 6.45) is 0. The largest absolute Gasteiger partial charge is 0.203 e. The molecular weight excluding hydrogens is 564 g/mol. The molecule has 0 saturated carbocycles. The van der Waals surface area contributed by atoms with Crippen LogP contribution in [0.5, 0.6) is 0 Å². The van der Waals surface area contributed by atoms with Gasteiger partial charge in [-0.25, -0.2) is 65.9 Å². The molecule has 0 radical (unpaired) electrons. The Morgan fingerprint density at radius 2 is 0.371 bits per heavy atom. The maximum absolute atomic E-state index is 14.6. The highest BCUT2D eigenvalue weighted by molar-refractivity contribution is 8.25. The average molecular weight is 564 g/mol. The Hall–Kier alpha value is -2.74. The van der Waals surface area contributed by atoms with Crippen LogP contribution in [0.4, 0.5) is 65.9 Å². The standard InChI is InChI=1S/C18F15PS/c19-1-4(22)10(28)16(11(29)5(1)23)34(35,17-12(30)6(24)2(20)7(25)13(17)31)18-14(32)8(26)3(21)9(27)15(18)33. The van der Waals surface area contributed by atoms with Crippen LogP contribution >= 0.6 is 6.04 Å². The molecule has 35 heavy (non-hydrogen) atoms. The zero-order valence-electron chi connectivity index (χ0n) is 15.5. The highest BCUT2D eigenvalue weighted by Gasteiger charge is 2.47. The van der Waals surface area contributed by atoms with Crippen molar-refractivity contribution in [2.24, 2.45) is 0 Å². The molecule has 0 spiro atoms. The number of hydrogen-bond acceptors (Lipinski definition) is 1. The average Bonchev–Trinajstić information content (AvgIpc) is 2.81. The summed E-state index contributed by atoms with van der Waals surface area (Å²) in [6.45, 7) is 0. The van der Waals surface area contributed by atoms with Crippen molar-refractivity contribution in [3.05, 3.63) is 87.3 Å². The molecule has 0 saturated heterocycles. The van der Waals surface area contributed by atoms with Gasteiger partial charge in [0, 0.05) is 0 Å². The second-order valence-corrected chi connectivity index (χ2v) is 10.6. The third-order valence-electron chi connectivity index (χ3n) is 4.50. The first-order valence-corrected chi connectivity index (χ1v) is 11.0. The van der Waals surface area contributed by atoms with E-state index in [1.165, 1.54) is 0 Å². The summed E-state index contributed by atoms with van der Waals surface area (Å²) in [7, 11) is 0. The Labute approximate surface area is 187 Å². The zero-order chi connectivity index (χ0) is 26.9. The first-order valence-electron chi connectivity index (χ1n) is 8.19. The Balaban J connectivity index is 2.80. The molecule has 0 unspecified atom stereocenters. The molecule has 0 nitrogen and oxygen atoms in total. The zero-order valence-corrected chi connectivity index (χ0v) is 17.2. The van der Waals surface area contributed by atoms with Gasteiger partial charge in [0.15, 0.2) is 69.8 Å². The van der Waals surface area contributed by atoms with Crippen LogP contribution in [-0.2, 0) is 11.8 Å². The molecular formula is C18F15PS. The Morgan fingerprint density at radius 3 is 0.514 bits per heavy atom. The summed E-state index contributed by atoms with van der Waals surface area (Å²) >= 11 is 4.42. The Bertz CT molecular complexity index is 1220. The maximum atomic E-state index is 14.6. The van der Waals surface area contributed by atoms with Gasteiger partial charge in [-0.3, -0.25) is 0 Å². The molecule has 17 heteroatoms. The van der Waals surface area contributed by atoms with Gasteiger partial charge in [-0.05, 0) is 0 Å². The van der Waals surface area contributed by atoms with Crippen molar-refractivity contribution in [1.82, 2.24) is 0 Å². The molecule has 0 aliphatic heterocycles. The van der Waals surface area contributed by atoms with Crippen molar-refractivity contribution in [3.8, 4) is 0 Å². The van der Waals surface area contributed by atoms with E-state index in [1.807, 2.05) is 0 Å². The van der Waals surface area contributed by atoms with Gasteiger partial charge in [-0.15, -0.1) is 0 Å². The molecule has 0 N–H and O–H groups in total. The number of rotatable bonds is 3. The summed E-state index contributed by atoms with van der Waals surface area (Å²) in [5.41, 5.74) is 0. The monoisotopic (exact) mass is 564 g/mol. The molecule has 0 bridgehead atoms. The summed E-state index contributed by atoms with van der Waals surface area (Å²) in [5.74, 6) is -46.0. The van der Waals surface area contributed by atoms with Crippen LogP contribution in [0.3, 0.4) is 0 Å². The number of hydrogen-bond donors (Lipinski definition) is 0. The van der Waals surface area contributed by atoms with Crippen LogP contribution in [0.1, 0.15) is 0 Å². The van der Waals surface area contributed by atoms with Crippen LogP contribution in [0, 0.1) is 87.3 Å². The van der Waals surface area contributed by atoms with E-state index in [1.54, 1.807) is 0 Å². The predicted molar refractivity (Wildman–Crippen MR) is 91.9 cm³/mol. The quantitative estimate of drug-likeness (QED) is 0.175. The van der Waals surface area contributed by atoms with Crippen molar-refractivity contribution in [1.29, 1.82) is 0 Å². The fourth-order valence-corrected chi connectivity index (χ4v) is 7.31. The minimum absolute atomic E-state index is 2.77. The van der Waals surface area contributed by atoms with Gasteiger partial charge >= 0.3 is 0 Å². The summed E-state index contributed by atoms with van der Waals surface area (Å²) < 4.78 is 211. The molecule has 3 aromatic carbocycles. The lowest BCUT2D eigenvalue weighted by molar-refractivity contribution is 0.381. The lowest BCUT2D eigenvalue weighted by atomic mass is 10.3. The van der Waals surface area contributed by atoms with Crippen LogP contribution in [-0.4, -0.2) is 0 Å². The molecule has 0 aliphatic rings. The minimum atomic E-state index is -6.58. The Kier molecular flexibility index (Phi) is 6.70. The second-order valence-electron chi connectivity index (χ2n) is 6.36. The van der Waals surface area contributed by atoms with E-state index in [9.17, 15) is 65.9 Å². The van der Waals surface area contributed by atoms with Gasteiger partial charge in [-0.2, -0.15) is 0 Å². The van der Waals surface area contributed by atoms with Crippen molar-refractivity contribution in [2.45, 2.75) is 0 Å². The van der Waals surface area contributed by atoms with E-state index < -0.39 is 109 Å². The molecule has 3 aromatic rings. The van der Waals surface area contributed by atoms with E-state index >= 15 is 0 Å². The first-order chi connectivity index (χ1) is 16.0. The molecule has 0 amide bonds. The van der Waals surface area contributed by atoms with Crippen LogP contribution in [0.2, 0.25) is 0 Å². The summed E-state index contributed by atoms with van der Waals surface area (Å²) in [4.78, 5) is 0. The van der Waals surface area contributed by atoms with Gasteiger partial charge in [0.1, 0.15) is 0 Å². The highest BCUT2D eigenvalue weighted by Crippen LogP contribution is 2.49. The van der Waals surface area contributed by atoms with Gasteiger partial charge < -0.3 is 0 Å². The fraction of sp³-hybridized carbons (Fsp3) is 0. The summed E-state index contributed by atoms with van der Waals surface area (Å²) in [6, 6.07) is -6.58. The SMILES string of the molecule is Fc1c(F)c(F)c(P(=S)(c2c(F)c(F)c(F)c(F)c2F)c2c(F)c(F)c(F)c(F)c2F)c(F)c1F. The smallest absolute Gasteiger partial charge is 0.200 e. The molecule has 3 rings (SSSR count). The topological polar surface area (TPSA) is 0 Å². The van der Waals surface area contributed by atoms with Gasteiger partial charge in [0.05, 0.1) is 22.0 Å². The molecule has 0 aromatic heterocycles.